The van der Waals surface area contributed by atoms with Crippen LogP contribution >= 0.6 is 0 Å². The van der Waals surface area contributed by atoms with Gasteiger partial charge in [0.15, 0.2) is 0 Å². The van der Waals surface area contributed by atoms with Gasteiger partial charge >= 0.3 is 12.1 Å². The SMILES string of the molecule is C#Cc1ccc(C(C(=O)NCCC(=O)OCC)N(CC#N)C(=O)C(Cc2ccc(O)cc2)NC(=O)OC(C)(C)C)cc1. The molecule has 42 heavy (non-hydrogen) atoms. The van der Waals surface area contributed by atoms with E-state index in [1.165, 1.54) is 12.1 Å². The number of hydrogen-bond acceptors (Lipinski definition) is 8. The fraction of sp³-hybridized carbons (Fsp3) is 0.387. The van der Waals surface area contributed by atoms with Crippen molar-refractivity contribution < 1.29 is 33.8 Å². The van der Waals surface area contributed by atoms with Gasteiger partial charge in [-0.2, -0.15) is 5.26 Å². The molecule has 0 aliphatic rings. The summed E-state index contributed by atoms with van der Waals surface area (Å²) in [4.78, 5) is 53.2. The van der Waals surface area contributed by atoms with E-state index in [0.29, 0.717) is 16.7 Å². The van der Waals surface area contributed by atoms with Crippen LogP contribution in [0.4, 0.5) is 4.79 Å². The minimum Gasteiger partial charge on any atom is -0.508 e. The van der Waals surface area contributed by atoms with Crippen molar-refractivity contribution in [2.45, 2.75) is 58.2 Å². The van der Waals surface area contributed by atoms with Crippen LogP contribution in [0.1, 0.15) is 56.8 Å². The van der Waals surface area contributed by atoms with Gasteiger partial charge in [-0.3, -0.25) is 14.4 Å². The topological polar surface area (TPSA) is 158 Å². The maximum absolute atomic E-state index is 14.1. The Morgan fingerprint density at radius 1 is 1.07 bits per heavy atom. The van der Waals surface area contributed by atoms with E-state index >= 15 is 0 Å². The molecule has 2 atom stereocenters. The molecule has 0 radical (unpaired) electrons. The van der Waals surface area contributed by atoms with Gasteiger partial charge in [0.2, 0.25) is 11.8 Å². The lowest BCUT2D eigenvalue weighted by molar-refractivity contribution is -0.144. The van der Waals surface area contributed by atoms with Gasteiger partial charge in [-0.1, -0.05) is 30.2 Å². The van der Waals surface area contributed by atoms with Gasteiger partial charge in [-0.15, -0.1) is 6.42 Å². The number of nitrogens with one attached hydrogen (secondary N) is 2. The predicted molar refractivity (Wildman–Crippen MR) is 154 cm³/mol. The molecule has 0 fully saturated rings. The lowest BCUT2D eigenvalue weighted by Gasteiger charge is -2.33. The molecule has 0 spiro atoms. The average molecular weight is 577 g/mol. The molecule has 0 aliphatic heterocycles. The minimum atomic E-state index is -1.31. The monoisotopic (exact) mass is 576 g/mol. The maximum Gasteiger partial charge on any atom is 0.408 e. The zero-order chi connectivity index (χ0) is 31.3. The highest BCUT2D eigenvalue weighted by Crippen LogP contribution is 2.24. The van der Waals surface area contributed by atoms with Crippen molar-refractivity contribution in [3.8, 4) is 24.2 Å². The van der Waals surface area contributed by atoms with Crippen LogP contribution in [0.5, 0.6) is 5.75 Å². The molecule has 0 saturated heterocycles. The highest BCUT2D eigenvalue weighted by Gasteiger charge is 2.36. The molecule has 0 bridgehead atoms. The van der Waals surface area contributed by atoms with Gasteiger partial charge in [0, 0.05) is 18.5 Å². The number of carbonyl (C=O) groups is 4. The molecule has 3 amide bonds. The van der Waals surface area contributed by atoms with Gasteiger partial charge in [0.05, 0.1) is 19.1 Å². The number of phenols is 1. The average Bonchev–Trinajstić information content (AvgIpc) is 2.92. The third kappa shape index (κ3) is 10.5. The highest BCUT2D eigenvalue weighted by molar-refractivity contribution is 5.92. The molecule has 2 rings (SSSR count). The van der Waals surface area contributed by atoms with Crippen molar-refractivity contribution in [2.75, 3.05) is 19.7 Å². The number of hydrogen-bond donors (Lipinski definition) is 3. The molecular formula is C31H36N4O7. The Morgan fingerprint density at radius 3 is 2.26 bits per heavy atom. The maximum atomic E-state index is 14.1. The largest absolute Gasteiger partial charge is 0.508 e. The number of nitriles is 1. The zero-order valence-electron chi connectivity index (χ0n) is 24.2. The second-order valence-electron chi connectivity index (χ2n) is 10.2. The molecule has 2 aromatic rings. The van der Waals surface area contributed by atoms with E-state index in [0.717, 1.165) is 4.90 Å². The molecule has 222 valence electrons. The first kappa shape index (κ1) is 33.2. The lowest BCUT2D eigenvalue weighted by atomic mass is 9.99. The highest BCUT2D eigenvalue weighted by atomic mass is 16.6. The number of amides is 3. The van der Waals surface area contributed by atoms with Gasteiger partial charge in [0.25, 0.3) is 0 Å². The Kier molecular flexibility index (Phi) is 12.4. The first-order chi connectivity index (χ1) is 19.9. The van der Waals surface area contributed by atoms with E-state index in [1.807, 2.05) is 6.07 Å². The van der Waals surface area contributed by atoms with Crippen LogP contribution in [0.3, 0.4) is 0 Å². The molecule has 3 N–H and O–H groups in total. The van der Waals surface area contributed by atoms with Crippen LogP contribution in [-0.2, 0) is 30.3 Å². The quantitative estimate of drug-likeness (QED) is 0.198. The molecule has 2 unspecified atom stereocenters. The summed E-state index contributed by atoms with van der Waals surface area (Å²) in [6.07, 6.45) is 4.47. The van der Waals surface area contributed by atoms with Crippen molar-refractivity contribution >= 4 is 23.9 Å². The predicted octanol–water partition coefficient (Wildman–Crippen LogP) is 2.97. The fourth-order valence-electron chi connectivity index (χ4n) is 3.94. The van der Waals surface area contributed by atoms with Crippen LogP contribution < -0.4 is 10.6 Å². The number of rotatable bonds is 12. The van der Waals surface area contributed by atoms with Crippen LogP contribution in [0.15, 0.2) is 48.5 Å². The van der Waals surface area contributed by atoms with E-state index in [2.05, 4.69) is 16.6 Å². The standard InChI is InChI=1S/C31H36N4O7/c1-6-21-8-12-23(13-9-21)27(28(38)33-18-16-26(37)41-7-2)35(19-17-32)29(39)25(34-30(40)42-31(3,4)5)20-22-10-14-24(36)15-11-22/h1,8-15,25,27,36H,7,16,18-20H2,2-5H3,(H,33,38)(H,34,40). The first-order valence-corrected chi connectivity index (χ1v) is 13.3. The summed E-state index contributed by atoms with van der Waals surface area (Å²) >= 11 is 0. The van der Waals surface area contributed by atoms with E-state index in [-0.39, 0.29) is 31.7 Å². The molecular weight excluding hydrogens is 540 g/mol. The molecule has 11 heteroatoms. The third-order valence-electron chi connectivity index (χ3n) is 5.78. The van der Waals surface area contributed by atoms with Crippen LogP contribution in [0.25, 0.3) is 0 Å². The number of carbonyl (C=O) groups excluding carboxylic acids is 4. The third-order valence-corrected chi connectivity index (χ3v) is 5.78. The summed E-state index contributed by atoms with van der Waals surface area (Å²) in [5.74, 6) is 0.604. The number of ether oxygens (including phenoxy) is 2. The van der Waals surface area contributed by atoms with Crippen molar-refractivity contribution in [3.05, 3.63) is 65.2 Å². The Hall–Kier alpha value is -5.03. The summed E-state index contributed by atoms with van der Waals surface area (Å²) in [7, 11) is 0. The van der Waals surface area contributed by atoms with Crippen LogP contribution in [-0.4, -0.2) is 65.2 Å². The lowest BCUT2D eigenvalue weighted by Crippen LogP contribution is -2.54. The van der Waals surface area contributed by atoms with Crippen molar-refractivity contribution in [1.82, 2.24) is 15.5 Å². The van der Waals surface area contributed by atoms with Gasteiger partial charge in [-0.25, -0.2) is 4.79 Å². The number of aromatic hydroxyl groups is 1. The van der Waals surface area contributed by atoms with Crippen molar-refractivity contribution in [3.63, 3.8) is 0 Å². The molecule has 0 aliphatic carbocycles. The number of terminal acetylenes is 1. The van der Waals surface area contributed by atoms with Crippen LogP contribution in [0.2, 0.25) is 0 Å². The summed E-state index contributed by atoms with van der Waals surface area (Å²) in [6.45, 7) is 6.28. The Bertz CT molecular complexity index is 1320. The summed E-state index contributed by atoms with van der Waals surface area (Å²) in [5.41, 5.74) is 0.623. The van der Waals surface area contributed by atoms with Gasteiger partial charge < -0.3 is 30.1 Å². The summed E-state index contributed by atoms with van der Waals surface area (Å²) in [6, 6.07) is 11.7. The van der Waals surface area contributed by atoms with E-state index < -0.39 is 48.1 Å². The Balaban J connectivity index is 2.49. The number of nitrogens with zero attached hydrogens (tertiary/aromatic N) is 2. The van der Waals surface area contributed by atoms with Crippen LogP contribution in [0, 0.1) is 23.7 Å². The summed E-state index contributed by atoms with van der Waals surface area (Å²) < 4.78 is 10.3. The minimum absolute atomic E-state index is 0.0165. The molecule has 0 aromatic heterocycles. The van der Waals surface area contributed by atoms with E-state index in [9.17, 15) is 29.5 Å². The van der Waals surface area contributed by atoms with Crippen molar-refractivity contribution in [1.29, 1.82) is 5.26 Å². The Morgan fingerprint density at radius 2 is 1.71 bits per heavy atom. The second-order valence-corrected chi connectivity index (χ2v) is 10.2. The first-order valence-electron chi connectivity index (χ1n) is 13.3. The molecule has 11 nitrogen and oxygen atoms in total. The molecule has 2 aromatic carbocycles. The van der Waals surface area contributed by atoms with Crippen molar-refractivity contribution in [2.24, 2.45) is 0 Å². The second kappa shape index (κ2) is 15.7. The van der Waals surface area contributed by atoms with Gasteiger partial charge in [-0.05, 0) is 63.1 Å². The molecule has 0 saturated carbocycles. The van der Waals surface area contributed by atoms with E-state index in [1.54, 1.807) is 64.1 Å². The number of benzene rings is 2. The Labute approximate surface area is 245 Å². The number of alkyl carbamates (subject to hydrolysis) is 1. The summed E-state index contributed by atoms with van der Waals surface area (Å²) in [5, 5.41) is 24.6. The smallest absolute Gasteiger partial charge is 0.408 e. The molecule has 0 heterocycles. The normalized spacial score (nSPS) is 12.0. The van der Waals surface area contributed by atoms with E-state index in [4.69, 9.17) is 15.9 Å². The zero-order valence-corrected chi connectivity index (χ0v) is 24.2. The number of phenolic OH excluding ortho intramolecular Hbond substituents is 1. The van der Waals surface area contributed by atoms with Gasteiger partial charge in [0.1, 0.15) is 30.0 Å². The number of esters is 1. The fourth-order valence-corrected chi connectivity index (χ4v) is 3.94.